The quantitative estimate of drug-likeness (QED) is 0.131. The summed E-state index contributed by atoms with van der Waals surface area (Å²) in [6.07, 6.45) is 0. The molecule has 0 aliphatic rings. The van der Waals surface area contributed by atoms with Gasteiger partial charge in [0, 0.05) is 98.8 Å². The number of rotatable bonds is 10. The Morgan fingerprint density at radius 2 is 0.309 bits per heavy atom. The lowest BCUT2D eigenvalue weighted by Crippen LogP contribution is -1.95. The Labute approximate surface area is 712 Å². The topological polar surface area (TPSA) is 29.6 Å². The van der Waals surface area contributed by atoms with E-state index in [-0.39, 0.29) is 0 Å². The fourth-order valence-corrected chi connectivity index (χ4v) is 19.7. The van der Waals surface area contributed by atoms with Gasteiger partial charge in [0.15, 0.2) is 0 Å². The lowest BCUT2D eigenvalue weighted by atomic mass is 10.00. The smallest absolute Gasteiger partial charge is 0.0548 e. The van der Waals surface area contributed by atoms with Crippen molar-refractivity contribution in [1.82, 2.24) is 27.4 Å². The number of aromatic nitrogens is 6. The predicted octanol–water partition coefficient (Wildman–Crippen LogP) is 31.2. The molecule has 0 radical (unpaired) electrons. The van der Waals surface area contributed by atoms with Crippen LogP contribution in [-0.4, -0.2) is 27.4 Å². The van der Waals surface area contributed by atoms with E-state index in [1.807, 2.05) is 0 Å². The van der Waals surface area contributed by atoms with Crippen LogP contribution >= 0.6 is 0 Å². The first kappa shape index (κ1) is 72.2. The van der Waals surface area contributed by atoms with Gasteiger partial charge in [-0.2, -0.15) is 0 Å². The fraction of sp³-hybridized carbons (Fsp3) is 0.0256. The second kappa shape index (κ2) is 29.8. The molecular formula is C117H82N6. The van der Waals surface area contributed by atoms with Crippen LogP contribution in [0.5, 0.6) is 0 Å². The highest BCUT2D eigenvalue weighted by molar-refractivity contribution is 6.32. The Kier molecular flexibility index (Phi) is 17.5. The molecule has 580 valence electrons. The molecule has 0 bridgehead atoms. The highest BCUT2D eigenvalue weighted by Crippen LogP contribution is 2.48. The average molecular weight is 1570 g/mol. The van der Waals surface area contributed by atoms with Gasteiger partial charge in [-0.05, 0) is 228 Å². The molecule has 0 N–H and O–H groups in total. The highest BCUT2D eigenvalue weighted by atomic mass is 15.0. The molecular weight excluding hydrogens is 1490 g/mol. The van der Waals surface area contributed by atoms with E-state index >= 15 is 0 Å². The van der Waals surface area contributed by atoms with E-state index in [0.717, 1.165) is 5.69 Å². The standard InChI is InChI=1S/C43H30N2.2C37H26N2/c1-29-11-9-15-34(27-29)44-38-19-7-5-17-36(38)42-40(44)25-26-41-43(42)37-18-6-8-20-39(37)45(41)35-16-10-14-33(28-35)32-23-21-31(22-24-32)30-12-3-2-4-13-30;1-25-11-9-15-28(23-25)38-32-19-7-5-17-30(32)36-34(38)21-22-35-37(36)31-18-6-8-20-33(31)39(35)29-16-10-14-27(24-29)26-12-3-2-4-13-26;1-25-10-9-13-29(24-25)39-33-17-8-6-15-31(33)37-35(39)23-22-34-36(37)30-14-5-7-16-32(30)38(34)28-20-18-27(19-21-28)26-11-3-2-4-12-26/h2-28H,1H3;2*2-24H,1H3. The summed E-state index contributed by atoms with van der Waals surface area (Å²) in [7, 11) is 0. The second-order valence-electron chi connectivity index (χ2n) is 32.5. The maximum atomic E-state index is 2.44. The molecule has 0 saturated heterocycles. The molecule has 25 aromatic rings. The molecule has 19 aromatic carbocycles. The third-order valence-electron chi connectivity index (χ3n) is 25.1. The van der Waals surface area contributed by atoms with Gasteiger partial charge in [-0.15, -0.1) is 0 Å². The molecule has 6 heteroatoms. The summed E-state index contributed by atoms with van der Waals surface area (Å²) in [4.78, 5) is 0. The van der Waals surface area contributed by atoms with E-state index in [2.05, 4.69) is 491 Å². The number of aryl methyl sites for hydroxylation is 3. The summed E-state index contributed by atoms with van der Waals surface area (Å²) in [5.74, 6) is 0. The molecule has 0 aliphatic heterocycles. The van der Waals surface area contributed by atoms with Crippen LogP contribution in [0.25, 0.3) is 209 Å². The van der Waals surface area contributed by atoms with Gasteiger partial charge in [0.2, 0.25) is 0 Å². The van der Waals surface area contributed by atoms with Gasteiger partial charge >= 0.3 is 0 Å². The summed E-state index contributed by atoms with van der Waals surface area (Å²) in [6.45, 7) is 6.48. The number of hydrogen-bond acceptors (Lipinski definition) is 0. The van der Waals surface area contributed by atoms with Gasteiger partial charge in [0.25, 0.3) is 0 Å². The van der Waals surface area contributed by atoms with Gasteiger partial charge in [0.05, 0.1) is 66.2 Å². The van der Waals surface area contributed by atoms with Crippen molar-refractivity contribution in [1.29, 1.82) is 0 Å². The Bertz CT molecular complexity index is 8440. The van der Waals surface area contributed by atoms with Crippen LogP contribution in [0.4, 0.5) is 0 Å². The molecule has 6 aromatic heterocycles. The lowest BCUT2D eigenvalue weighted by molar-refractivity contribution is 1.17. The summed E-state index contributed by atoms with van der Waals surface area (Å²) in [5.41, 5.74) is 35.3. The van der Waals surface area contributed by atoms with E-state index in [4.69, 9.17) is 0 Å². The minimum atomic E-state index is 1.16. The average Bonchev–Trinajstić information content (AvgIpc) is 1.56. The van der Waals surface area contributed by atoms with Crippen molar-refractivity contribution >= 4 is 131 Å². The third-order valence-corrected chi connectivity index (χ3v) is 25.1. The van der Waals surface area contributed by atoms with E-state index in [9.17, 15) is 0 Å². The number of para-hydroxylation sites is 6. The summed E-state index contributed by atoms with van der Waals surface area (Å²) < 4.78 is 14.5. The van der Waals surface area contributed by atoms with Crippen molar-refractivity contribution in [2.24, 2.45) is 0 Å². The van der Waals surface area contributed by atoms with E-state index < -0.39 is 0 Å². The van der Waals surface area contributed by atoms with Crippen molar-refractivity contribution < 1.29 is 0 Å². The van der Waals surface area contributed by atoms with Crippen LogP contribution in [0.2, 0.25) is 0 Å². The Morgan fingerprint density at radius 1 is 0.122 bits per heavy atom. The van der Waals surface area contributed by atoms with E-state index in [0.29, 0.717) is 0 Å². The highest BCUT2D eigenvalue weighted by Gasteiger charge is 2.26. The van der Waals surface area contributed by atoms with Crippen LogP contribution in [0.15, 0.2) is 443 Å². The van der Waals surface area contributed by atoms with Crippen LogP contribution in [0.3, 0.4) is 0 Å². The summed E-state index contributed by atoms with van der Waals surface area (Å²) in [5, 5.41) is 15.5. The molecule has 6 heterocycles. The van der Waals surface area contributed by atoms with Crippen LogP contribution in [-0.2, 0) is 0 Å². The van der Waals surface area contributed by atoms with E-state index in [1.54, 1.807) is 0 Å². The Hall–Kier alpha value is -16.0. The maximum absolute atomic E-state index is 2.44. The third kappa shape index (κ3) is 12.2. The molecule has 0 aliphatic carbocycles. The Morgan fingerprint density at radius 3 is 0.569 bits per heavy atom. The van der Waals surface area contributed by atoms with Crippen molar-refractivity contribution in [3.05, 3.63) is 460 Å². The molecule has 123 heavy (non-hydrogen) atoms. The first-order valence-electron chi connectivity index (χ1n) is 42.5. The SMILES string of the molecule is Cc1cccc(-n2c3ccccc3c3c4c5ccccc5n(-c5ccc(-c6ccccc6)cc5)c4ccc32)c1.Cc1cccc(-n2c3ccccc3c3c4c5ccccc5n(-c5cccc(-c6ccc(-c7ccccc7)cc6)c5)c4ccc32)c1.Cc1cccc(-n2c3ccccc3c3c4c5ccccc5n(-c5cccc(-c6ccccc6)c5)c4ccc32)c1. The number of nitrogens with zero attached hydrogens (tertiary/aromatic N) is 6. The first-order valence-corrected chi connectivity index (χ1v) is 42.5. The van der Waals surface area contributed by atoms with Gasteiger partial charge in [0.1, 0.15) is 0 Å². The van der Waals surface area contributed by atoms with Crippen LogP contribution in [0.1, 0.15) is 16.7 Å². The van der Waals surface area contributed by atoms with Crippen molar-refractivity contribution in [2.45, 2.75) is 20.8 Å². The molecule has 25 rings (SSSR count). The zero-order valence-corrected chi connectivity index (χ0v) is 68.3. The zero-order valence-electron chi connectivity index (χ0n) is 68.3. The van der Waals surface area contributed by atoms with Crippen LogP contribution in [0, 0.1) is 20.8 Å². The van der Waals surface area contributed by atoms with Gasteiger partial charge in [-0.3, -0.25) is 0 Å². The maximum Gasteiger partial charge on any atom is 0.0548 e. The molecule has 6 nitrogen and oxygen atoms in total. The minimum Gasteiger partial charge on any atom is -0.309 e. The van der Waals surface area contributed by atoms with Gasteiger partial charge in [-0.1, -0.05) is 297 Å². The predicted molar refractivity (Wildman–Crippen MR) is 521 cm³/mol. The van der Waals surface area contributed by atoms with Crippen LogP contribution < -0.4 is 0 Å². The number of fused-ring (bicyclic) bond motifs is 21. The monoisotopic (exact) mass is 1570 g/mol. The van der Waals surface area contributed by atoms with Gasteiger partial charge in [-0.25, -0.2) is 0 Å². The lowest BCUT2D eigenvalue weighted by Gasteiger charge is -2.11. The largest absolute Gasteiger partial charge is 0.309 e. The van der Waals surface area contributed by atoms with Crippen molar-refractivity contribution in [3.8, 4) is 78.6 Å². The molecule has 0 saturated carbocycles. The fourth-order valence-electron chi connectivity index (χ4n) is 19.7. The number of hydrogen-bond donors (Lipinski definition) is 0. The second-order valence-corrected chi connectivity index (χ2v) is 32.5. The van der Waals surface area contributed by atoms with Crippen molar-refractivity contribution in [2.75, 3.05) is 0 Å². The first-order chi connectivity index (χ1) is 60.8. The molecule has 0 amide bonds. The molecule has 0 fully saturated rings. The zero-order chi connectivity index (χ0) is 81.8. The molecule has 0 spiro atoms. The normalized spacial score (nSPS) is 11.7. The summed E-state index contributed by atoms with van der Waals surface area (Å²) >= 11 is 0. The van der Waals surface area contributed by atoms with Crippen molar-refractivity contribution in [3.63, 3.8) is 0 Å². The summed E-state index contributed by atoms with van der Waals surface area (Å²) in [6, 6.07) is 161. The molecule has 0 unspecified atom stereocenters. The Balaban J connectivity index is 0.000000107. The minimum absolute atomic E-state index is 1.16. The number of benzene rings is 19. The van der Waals surface area contributed by atoms with Gasteiger partial charge < -0.3 is 27.4 Å². The van der Waals surface area contributed by atoms with E-state index in [1.165, 1.54) is 220 Å². The molecule has 0 atom stereocenters.